The number of ether oxygens (including phenoxy) is 3. The Labute approximate surface area is 177 Å². The molecule has 2 N–H and O–H groups in total. The molecule has 0 spiro atoms. The maximum absolute atomic E-state index is 12.0. The Morgan fingerprint density at radius 2 is 1.63 bits per heavy atom. The second-order valence-electron chi connectivity index (χ2n) is 7.52. The molecular weight excluding hydrogens is 384 g/mol. The van der Waals surface area contributed by atoms with Crippen LogP contribution in [0, 0.1) is 0 Å². The second-order valence-corrected chi connectivity index (χ2v) is 7.52. The molecule has 7 heteroatoms. The van der Waals surface area contributed by atoms with Gasteiger partial charge < -0.3 is 14.2 Å². The number of carbonyl (C=O) groups excluding carboxylic acids is 2. The van der Waals surface area contributed by atoms with Gasteiger partial charge in [-0.3, -0.25) is 20.4 Å². The van der Waals surface area contributed by atoms with E-state index in [4.69, 9.17) is 14.2 Å². The van der Waals surface area contributed by atoms with E-state index in [1.165, 1.54) is 13.2 Å². The molecular formula is C23H28N2O5. The Hall–Kier alpha value is -3.48. The molecule has 0 saturated carbocycles. The van der Waals surface area contributed by atoms with Crippen molar-refractivity contribution in [3.05, 3.63) is 59.7 Å². The lowest BCUT2D eigenvalue weighted by molar-refractivity contribution is -0.128. The first-order chi connectivity index (χ1) is 14.2. The lowest BCUT2D eigenvalue weighted by Crippen LogP contribution is -2.43. The molecule has 0 aliphatic rings. The predicted molar refractivity (Wildman–Crippen MR) is 116 cm³/mol. The number of nitrogens with one attached hydrogen (secondary N) is 2. The van der Waals surface area contributed by atoms with Gasteiger partial charge in [0.1, 0.15) is 5.75 Å². The van der Waals surface area contributed by atoms with E-state index < -0.39 is 11.8 Å². The lowest BCUT2D eigenvalue weighted by Gasteiger charge is -2.22. The summed E-state index contributed by atoms with van der Waals surface area (Å²) in [5.41, 5.74) is 6.28. The molecule has 0 fully saturated rings. The molecule has 2 rings (SSSR count). The first-order valence-electron chi connectivity index (χ1n) is 9.46. The molecule has 0 radical (unpaired) electrons. The number of hydrogen-bond acceptors (Lipinski definition) is 5. The third-order valence-electron chi connectivity index (χ3n) is 4.21. The highest BCUT2D eigenvalue weighted by molar-refractivity contribution is 5.93. The van der Waals surface area contributed by atoms with Crippen molar-refractivity contribution in [2.45, 2.75) is 26.2 Å². The number of para-hydroxylation sites is 1. The van der Waals surface area contributed by atoms with Gasteiger partial charge in [0.15, 0.2) is 18.1 Å². The van der Waals surface area contributed by atoms with Crippen LogP contribution in [0.25, 0.3) is 6.08 Å². The van der Waals surface area contributed by atoms with Gasteiger partial charge in [-0.05, 0) is 40.8 Å². The maximum Gasteiger partial charge on any atom is 0.276 e. The van der Waals surface area contributed by atoms with Crippen LogP contribution in [0.5, 0.6) is 17.2 Å². The molecule has 2 aromatic carbocycles. The van der Waals surface area contributed by atoms with Crippen molar-refractivity contribution < 1.29 is 23.8 Å². The molecule has 7 nitrogen and oxygen atoms in total. The Morgan fingerprint density at radius 1 is 0.933 bits per heavy atom. The molecule has 0 aromatic heterocycles. The van der Waals surface area contributed by atoms with E-state index in [-0.39, 0.29) is 12.0 Å². The Bertz CT molecular complexity index is 916. The summed E-state index contributed by atoms with van der Waals surface area (Å²) in [5.74, 6) is 0.847. The van der Waals surface area contributed by atoms with Gasteiger partial charge in [-0.2, -0.15) is 0 Å². The minimum atomic E-state index is -0.478. The summed E-state index contributed by atoms with van der Waals surface area (Å²) < 4.78 is 16.0. The van der Waals surface area contributed by atoms with Crippen LogP contribution in [0.1, 0.15) is 31.9 Å². The van der Waals surface area contributed by atoms with Gasteiger partial charge in [0.25, 0.3) is 11.8 Å². The Morgan fingerprint density at radius 3 is 2.30 bits per heavy atom. The summed E-state index contributed by atoms with van der Waals surface area (Å²) >= 11 is 0. The van der Waals surface area contributed by atoms with Gasteiger partial charge in [-0.1, -0.05) is 45.0 Å². The molecule has 30 heavy (non-hydrogen) atoms. The SMILES string of the molecule is COc1ccc(/C=C/C(=O)NNC(=O)COc2ccccc2C(C)(C)C)cc1OC. The molecule has 0 heterocycles. The van der Waals surface area contributed by atoms with Gasteiger partial charge in [0.2, 0.25) is 0 Å². The van der Waals surface area contributed by atoms with E-state index in [0.717, 1.165) is 11.1 Å². The molecule has 0 aliphatic heterocycles. The van der Waals surface area contributed by atoms with Crippen LogP contribution < -0.4 is 25.1 Å². The summed E-state index contributed by atoms with van der Waals surface area (Å²) in [6, 6.07) is 12.8. The summed E-state index contributed by atoms with van der Waals surface area (Å²) in [7, 11) is 3.09. The van der Waals surface area contributed by atoms with E-state index in [1.54, 1.807) is 31.4 Å². The fraction of sp³-hybridized carbons (Fsp3) is 0.304. The van der Waals surface area contributed by atoms with Crippen LogP contribution in [-0.4, -0.2) is 32.6 Å². The fourth-order valence-corrected chi connectivity index (χ4v) is 2.69. The first kappa shape index (κ1) is 22.8. The number of benzene rings is 2. The maximum atomic E-state index is 12.0. The second kappa shape index (κ2) is 10.3. The monoisotopic (exact) mass is 412 g/mol. The van der Waals surface area contributed by atoms with Gasteiger partial charge in [-0.25, -0.2) is 0 Å². The molecule has 0 unspecified atom stereocenters. The zero-order valence-electron chi connectivity index (χ0n) is 17.9. The molecule has 160 valence electrons. The quantitative estimate of drug-likeness (QED) is 0.539. The molecule has 0 bridgehead atoms. The van der Waals surface area contributed by atoms with Crippen molar-refractivity contribution in [2.24, 2.45) is 0 Å². The Balaban J connectivity index is 1.85. The summed E-state index contributed by atoms with van der Waals surface area (Å²) in [4.78, 5) is 24.0. The number of carbonyl (C=O) groups is 2. The number of hydrogen-bond donors (Lipinski definition) is 2. The minimum Gasteiger partial charge on any atom is -0.493 e. The number of methoxy groups -OCH3 is 2. The molecule has 0 aliphatic carbocycles. The topological polar surface area (TPSA) is 85.9 Å². The zero-order chi connectivity index (χ0) is 22.1. The highest BCUT2D eigenvalue weighted by atomic mass is 16.5. The van der Waals surface area contributed by atoms with Crippen molar-refractivity contribution in [3.63, 3.8) is 0 Å². The largest absolute Gasteiger partial charge is 0.493 e. The number of amides is 2. The number of hydrazine groups is 1. The molecule has 2 amide bonds. The average Bonchev–Trinajstić information content (AvgIpc) is 2.74. The standard InChI is InChI=1S/C23H28N2O5/c1-23(2,3)17-8-6-7-9-18(17)30-15-22(27)25-24-21(26)13-11-16-10-12-19(28-4)20(14-16)29-5/h6-14H,15H2,1-5H3,(H,24,26)(H,25,27)/b13-11+. The van der Waals surface area contributed by atoms with E-state index in [1.807, 2.05) is 24.3 Å². The smallest absolute Gasteiger partial charge is 0.276 e. The third kappa shape index (κ3) is 6.55. The van der Waals surface area contributed by atoms with Crippen molar-refractivity contribution in [1.82, 2.24) is 10.9 Å². The van der Waals surface area contributed by atoms with Crippen LogP contribution in [0.2, 0.25) is 0 Å². The zero-order valence-corrected chi connectivity index (χ0v) is 17.9. The summed E-state index contributed by atoms with van der Waals surface area (Å²) in [6.45, 7) is 5.99. The minimum absolute atomic E-state index is 0.115. The van der Waals surface area contributed by atoms with Crippen molar-refractivity contribution in [2.75, 3.05) is 20.8 Å². The molecule has 0 saturated heterocycles. The van der Waals surface area contributed by atoms with Crippen molar-refractivity contribution in [1.29, 1.82) is 0 Å². The number of rotatable bonds is 7. The third-order valence-corrected chi connectivity index (χ3v) is 4.21. The Kier molecular flexibility index (Phi) is 7.86. The molecule has 0 atom stereocenters. The highest BCUT2D eigenvalue weighted by Crippen LogP contribution is 2.31. The average molecular weight is 412 g/mol. The van der Waals surface area contributed by atoms with Crippen LogP contribution in [0.15, 0.2) is 48.5 Å². The van der Waals surface area contributed by atoms with Gasteiger partial charge in [0.05, 0.1) is 14.2 Å². The van der Waals surface area contributed by atoms with E-state index in [9.17, 15) is 9.59 Å². The van der Waals surface area contributed by atoms with E-state index in [2.05, 4.69) is 31.6 Å². The van der Waals surface area contributed by atoms with Gasteiger partial charge >= 0.3 is 0 Å². The summed E-state index contributed by atoms with van der Waals surface area (Å²) in [5, 5.41) is 0. The predicted octanol–water partition coefficient (Wildman–Crippen LogP) is 3.24. The van der Waals surface area contributed by atoms with Crippen LogP contribution in [-0.2, 0) is 15.0 Å². The van der Waals surface area contributed by atoms with Crippen molar-refractivity contribution in [3.8, 4) is 17.2 Å². The van der Waals surface area contributed by atoms with Gasteiger partial charge in [-0.15, -0.1) is 0 Å². The van der Waals surface area contributed by atoms with E-state index >= 15 is 0 Å². The first-order valence-corrected chi connectivity index (χ1v) is 9.46. The summed E-state index contributed by atoms with van der Waals surface area (Å²) in [6.07, 6.45) is 2.90. The van der Waals surface area contributed by atoms with Gasteiger partial charge in [0, 0.05) is 6.08 Å². The normalized spacial score (nSPS) is 11.1. The lowest BCUT2D eigenvalue weighted by atomic mass is 9.86. The fourth-order valence-electron chi connectivity index (χ4n) is 2.69. The molecule has 2 aromatic rings. The van der Waals surface area contributed by atoms with Crippen LogP contribution in [0.3, 0.4) is 0 Å². The highest BCUT2D eigenvalue weighted by Gasteiger charge is 2.18. The van der Waals surface area contributed by atoms with Crippen LogP contribution >= 0.6 is 0 Å². The van der Waals surface area contributed by atoms with Crippen molar-refractivity contribution >= 4 is 17.9 Å². The van der Waals surface area contributed by atoms with Crippen LogP contribution in [0.4, 0.5) is 0 Å². The van der Waals surface area contributed by atoms with E-state index in [0.29, 0.717) is 17.2 Å².